The molecular formula is C10H11FO2. The van der Waals surface area contributed by atoms with Crippen LogP contribution < -0.4 is 0 Å². The summed E-state index contributed by atoms with van der Waals surface area (Å²) in [4.78, 5) is 10.6. The predicted molar refractivity (Wildman–Crippen MR) is 46.8 cm³/mol. The number of hydrogen-bond acceptors (Lipinski definition) is 2. The summed E-state index contributed by atoms with van der Waals surface area (Å²) < 4.78 is 18.2. The monoisotopic (exact) mass is 182 g/mol. The Hall–Kier alpha value is -1.22. The lowest BCUT2D eigenvalue weighted by molar-refractivity contribution is -0.118. The Morgan fingerprint density at radius 3 is 2.77 bits per heavy atom. The standard InChI is InChI=1S/C10H11FO2/c1-2-13-10(7-12)8-5-3-4-6-9(8)11/h3-7,10H,2H2,1H3. The van der Waals surface area contributed by atoms with E-state index < -0.39 is 11.9 Å². The molecule has 0 aromatic heterocycles. The maximum Gasteiger partial charge on any atom is 0.153 e. The van der Waals surface area contributed by atoms with E-state index in [1.807, 2.05) is 0 Å². The molecule has 1 unspecified atom stereocenters. The first-order chi connectivity index (χ1) is 6.29. The zero-order valence-corrected chi connectivity index (χ0v) is 7.37. The first-order valence-corrected chi connectivity index (χ1v) is 4.11. The minimum atomic E-state index is -0.786. The number of hydrogen-bond donors (Lipinski definition) is 0. The highest BCUT2D eigenvalue weighted by atomic mass is 19.1. The smallest absolute Gasteiger partial charge is 0.153 e. The molecule has 13 heavy (non-hydrogen) atoms. The average molecular weight is 182 g/mol. The van der Waals surface area contributed by atoms with E-state index in [2.05, 4.69) is 0 Å². The van der Waals surface area contributed by atoms with Gasteiger partial charge < -0.3 is 9.53 Å². The Labute approximate surface area is 76.3 Å². The fourth-order valence-corrected chi connectivity index (χ4v) is 1.09. The van der Waals surface area contributed by atoms with Crippen LogP contribution in [0.4, 0.5) is 4.39 Å². The van der Waals surface area contributed by atoms with Gasteiger partial charge in [-0.3, -0.25) is 0 Å². The van der Waals surface area contributed by atoms with E-state index in [9.17, 15) is 9.18 Å². The summed E-state index contributed by atoms with van der Waals surface area (Å²) >= 11 is 0. The lowest BCUT2D eigenvalue weighted by Gasteiger charge is -2.10. The van der Waals surface area contributed by atoms with Gasteiger partial charge in [-0.1, -0.05) is 18.2 Å². The summed E-state index contributed by atoms with van der Waals surface area (Å²) in [5, 5.41) is 0. The lowest BCUT2D eigenvalue weighted by atomic mass is 10.1. The first kappa shape index (κ1) is 9.86. The van der Waals surface area contributed by atoms with Gasteiger partial charge in [0.05, 0.1) is 0 Å². The third-order valence-corrected chi connectivity index (χ3v) is 1.68. The van der Waals surface area contributed by atoms with Gasteiger partial charge in [0.1, 0.15) is 11.9 Å². The van der Waals surface area contributed by atoms with Crippen LogP contribution in [0.15, 0.2) is 24.3 Å². The molecule has 1 rings (SSSR count). The quantitative estimate of drug-likeness (QED) is 0.666. The summed E-state index contributed by atoms with van der Waals surface area (Å²) in [7, 11) is 0. The van der Waals surface area contributed by atoms with Crippen molar-refractivity contribution in [1.29, 1.82) is 0 Å². The van der Waals surface area contributed by atoms with E-state index in [1.54, 1.807) is 25.1 Å². The number of carbonyl (C=O) groups is 1. The molecule has 0 heterocycles. The molecule has 1 aromatic rings. The molecule has 1 aromatic carbocycles. The van der Waals surface area contributed by atoms with Gasteiger partial charge in [-0.05, 0) is 13.0 Å². The Kier molecular flexibility index (Phi) is 3.58. The van der Waals surface area contributed by atoms with E-state index in [-0.39, 0.29) is 0 Å². The average Bonchev–Trinajstić information content (AvgIpc) is 2.16. The third kappa shape index (κ3) is 2.36. The van der Waals surface area contributed by atoms with Crippen molar-refractivity contribution >= 4 is 6.29 Å². The van der Waals surface area contributed by atoms with Crippen LogP contribution in [0.1, 0.15) is 18.6 Å². The maximum absolute atomic E-state index is 13.1. The minimum absolute atomic E-state index is 0.291. The molecule has 0 aliphatic rings. The number of aldehydes is 1. The van der Waals surface area contributed by atoms with Gasteiger partial charge in [0.2, 0.25) is 0 Å². The lowest BCUT2D eigenvalue weighted by Crippen LogP contribution is -2.07. The Morgan fingerprint density at radius 2 is 2.23 bits per heavy atom. The van der Waals surface area contributed by atoms with Crippen molar-refractivity contribution in [3.05, 3.63) is 35.6 Å². The van der Waals surface area contributed by atoms with E-state index in [0.717, 1.165) is 0 Å². The number of halogens is 1. The van der Waals surface area contributed by atoms with Crippen molar-refractivity contribution in [2.75, 3.05) is 6.61 Å². The van der Waals surface area contributed by atoms with Crippen molar-refractivity contribution < 1.29 is 13.9 Å². The number of rotatable bonds is 4. The van der Waals surface area contributed by atoms with Crippen molar-refractivity contribution in [3.8, 4) is 0 Å². The second kappa shape index (κ2) is 4.72. The molecule has 0 N–H and O–H groups in total. The van der Waals surface area contributed by atoms with Gasteiger partial charge in [0.25, 0.3) is 0 Å². The van der Waals surface area contributed by atoms with Gasteiger partial charge in [-0.25, -0.2) is 4.39 Å². The predicted octanol–water partition coefficient (Wildman–Crippen LogP) is 2.10. The molecule has 70 valence electrons. The molecule has 0 amide bonds. The maximum atomic E-state index is 13.1. The minimum Gasteiger partial charge on any atom is -0.366 e. The fraction of sp³-hybridized carbons (Fsp3) is 0.300. The van der Waals surface area contributed by atoms with Gasteiger partial charge in [0, 0.05) is 12.2 Å². The molecule has 0 aliphatic carbocycles. The van der Waals surface area contributed by atoms with Crippen molar-refractivity contribution in [3.63, 3.8) is 0 Å². The van der Waals surface area contributed by atoms with Crippen LogP contribution >= 0.6 is 0 Å². The molecule has 0 aliphatic heterocycles. The summed E-state index contributed by atoms with van der Waals surface area (Å²) in [6, 6.07) is 6.11. The van der Waals surface area contributed by atoms with Crippen LogP contribution in [0.25, 0.3) is 0 Å². The van der Waals surface area contributed by atoms with E-state index >= 15 is 0 Å². The summed E-state index contributed by atoms with van der Waals surface area (Å²) in [6.45, 7) is 2.15. The van der Waals surface area contributed by atoms with Crippen LogP contribution in [0.3, 0.4) is 0 Å². The normalized spacial score (nSPS) is 12.5. The van der Waals surface area contributed by atoms with Crippen LogP contribution in [0.2, 0.25) is 0 Å². The van der Waals surface area contributed by atoms with E-state index in [1.165, 1.54) is 6.07 Å². The molecule has 0 radical (unpaired) electrons. The highest BCUT2D eigenvalue weighted by Gasteiger charge is 2.13. The van der Waals surface area contributed by atoms with E-state index in [0.29, 0.717) is 18.5 Å². The zero-order valence-electron chi connectivity index (χ0n) is 7.37. The largest absolute Gasteiger partial charge is 0.366 e. The second-order valence-corrected chi connectivity index (χ2v) is 2.53. The van der Waals surface area contributed by atoms with Crippen LogP contribution in [0, 0.1) is 5.82 Å². The molecule has 0 bridgehead atoms. The summed E-state index contributed by atoms with van der Waals surface area (Å²) in [5.74, 6) is -0.409. The number of carbonyl (C=O) groups excluding carboxylic acids is 1. The second-order valence-electron chi connectivity index (χ2n) is 2.53. The van der Waals surface area contributed by atoms with E-state index in [4.69, 9.17) is 4.74 Å². The highest BCUT2D eigenvalue weighted by Crippen LogP contribution is 2.17. The molecular weight excluding hydrogens is 171 g/mol. The van der Waals surface area contributed by atoms with Gasteiger partial charge in [-0.2, -0.15) is 0 Å². The Balaban J connectivity index is 2.90. The molecule has 0 fully saturated rings. The van der Waals surface area contributed by atoms with Crippen LogP contribution in [-0.2, 0) is 9.53 Å². The number of ether oxygens (including phenoxy) is 1. The van der Waals surface area contributed by atoms with Gasteiger partial charge in [0.15, 0.2) is 6.29 Å². The van der Waals surface area contributed by atoms with Crippen molar-refractivity contribution in [2.24, 2.45) is 0 Å². The number of benzene rings is 1. The molecule has 0 saturated heterocycles. The van der Waals surface area contributed by atoms with Crippen molar-refractivity contribution in [1.82, 2.24) is 0 Å². The molecule has 1 atom stereocenters. The SMILES string of the molecule is CCOC(C=O)c1ccccc1F. The highest BCUT2D eigenvalue weighted by molar-refractivity contribution is 5.60. The molecule has 0 spiro atoms. The molecule has 0 saturated carbocycles. The molecule has 3 heteroatoms. The third-order valence-electron chi connectivity index (χ3n) is 1.68. The zero-order chi connectivity index (χ0) is 9.68. The van der Waals surface area contributed by atoms with Gasteiger partial charge >= 0.3 is 0 Å². The van der Waals surface area contributed by atoms with Gasteiger partial charge in [-0.15, -0.1) is 0 Å². The fourth-order valence-electron chi connectivity index (χ4n) is 1.09. The van der Waals surface area contributed by atoms with Crippen molar-refractivity contribution in [2.45, 2.75) is 13.0 Å². The Morgan fingerprint density at radius 1 is 1.54 bits per heavy atom. The topological polar surface area (TPSA) is 26.3 Å². The van der Waals surface area contributed by atoms with Crippen LogP contribution in [0.5, 0.6) is 0 Å². The summed E-state index contributed by atoms with van der Waals surface area (Å²) in [6.07, 6.45) is -0.187. The Bertz CT molecular complexity index is 286. The first-order valence-electron chi connectivity index (χ1n) is 4.11. The van der Waals surface area contributed by atoms with Crippen LogP contribution in [-0.4, -0.2) is 12.9 Å². The summed E-state index contributed by atoms with van der Waals surface area (Å²) in [5.41, 5.74) is 0.291. The molecule has 2 nitrogen and oxygen atoms in total.